The van der Waals surface area contributed by atoms with Gasteiger partial charge in [0.05, 0.1) is 17.3 Å². The molecule has 4 aromatic rings. The lowest BCUT2D eigenvalue weighted by atomic mass is 9.87. The van der Waals surface area contributed by atoms with Crippen molar-refractivity contribution in [3.05, 3.63) is 108 Å². The van der Waals surface area contributed by atoms with Crippen LogP contribution >= 0.6 is 12.4 Å². The van der Waals surface area contributed by atoms with Gasteiger partial charge in [0.1, 0.15) is 12.4 Å². The molecule has 4 rings (SSSR count). The topological polar surface area (TPSA) is 70.2 Å². The predicted octanol–water partition coefficient (Wildman–Crippen LogP) is 6.65. The number of amides is 1. The summed E-state index contributed by atoms with van der Waals surface area (Å²) in [5.41, 5.74) is 2.22. The van der Waals surface area contributed by atoms with Gasteiger partial charge in [-0.25, -0.2) is 0 Å². The van der Waals surface area contributed by atoms with Crippen molar-refractivity contribution >= 4 is 40.4 Å². The highest BCUT2D eigenvalue weighted by molar-refractivity contribution is 6.00. The van der Waals surface area contributed by atoms with Gasteiger partial charge >= 0.3 is 6.18 Å². The number of nitrogens with one attached hydrogen (secondary N) is 2. The van der Waals surface area contributed by atoms with Crippen molar-refractivity contribution < 1.29 is 27.1 Å². The summed E-state index contributed by atoms with van der Waals surface area (Å²) in [5, 5.41) is 9.49. The van der Waals surface area contributed by atoms with Crippen molar-refractivity contribution in [1.82, 2.24) is 20.4 Å². The summed E-state index contributed by atoms with van der Waals surface area (Å²) in [7, 11) is 3.35. The lowest BCUT2D eigenvalue weighted by Gasteiger charge is -2.19. The monoisotopic (exact) mass is 602 g/mol. The standard InChI is InChI=1S/C31H30F4N4O2.ClH/c1-39(2)28(40)9-6-16-36-17-18-41-24-13-10-22(11-14-24)29(23-12-15-27-25(19-23)30(32)38-37-27)26(20-31(33,34)35)21-7-4-3-5-8-21;/h3-15,19,36H,16-18,20H2,1-2H3,(H,37,38);1H/b9-6+,29-26+;. The SMILES string of the molecule is CN(C)C(=O)/C=C/CNCCOc1ccc(/C(=C(/CC(F)(F)F)c2ccccc2)c2ccc3[nH]nc(F)c3c2)cc1.Cl. The second kappa shape index (κ2) is 14.7. The van der Waals surface area contributed by atoms with E-state index in [9.17, 15) is 22.4 Å². The average molecular weight is 603 g/mol. The Morgan fingerprint density at radius 2 is 1.69 bits per heavy atom. The van der Waals surface area contributed by atoms with Crippen LogP contribution in [0.1, 0.15) is 23.1 Å². The van der Waals surface area contributed by atoms with Crippen LogP contribution in [0.15, 0.2) is 84.9 Å². The number of fused-ring (bicyclic) bond motifs is 1. The number of likely N-dealkylation sites (N-methyl/N-ethyl adjacent to an activating group) is 1. The Balaban J connectivity index is 0.00000484. The van der Waals surface area contributed by atoms with Gasteiger partial charge in [0.2, 0.25) is 11.9 Å². The number of ether oxygens (including phenoxy) is 1. The van der Waals surface area contributed by atoms with Crippen LogP contribution < -0.4 is 10.1 Å². The molecule has 0 unspecified atom stereocenters. The highest BCUT2D eigenvalue weighted by Crippen LogP contribution is 2.40. The van der Waals surface area contributed by atoms with Crippen LogP contribution in [0.2, 0.25) is 0 Å². The third-order valence-electron chi connectivity index (χ3n) is 6.26. The molecule has 0 radical (unpaired) electrons. The smallest absolute Gasteiger partial charge is 0.393 e. The van der Waals surface area contributed by atoms with Crippen LogP contribution in [-0.2, 0) is 4.79 Å². The molecule has 3 aromatic carbocycles. The zero-order valence-electron chi connectivity index (χ0n) is 23.0. The molecule has 0 atom stereocenters. The fourth-order valence-corrected chi connectivity index (χ4v) is 4.28. The van der Waals surface area contributed by atoms with E-state index in [2.05, 4.69) is 15.5 Å². The average Bonchev–Trinajstić information content (AvgIpc) is 3.32. The molecule has 1 heterocycles. The highest BCUT2D eigenvalue weighted by atomic mass is 35.5. The van der Waals surface area contributed by atoms with Gasteiger partial charge in [-0.3, -0.25) is 9.89 Å². The first-order chi connectivity index (χ1) is 19.6. The Hall–Kier alpha value is -4.15. The quantitative estimate of drug-likeness (QED) is 0.0873. The Morgan fingerprint density at radius 3 is 2.36 bits per heavy atom. The number of carbonyl (C=O) groups excluding carboxylic acids is 1. The third kappa shape index (κ3) is 8.67. The second-order valence-corrected chi connectivity index (χ2v) is 9.50. The summed E-state index contributed by atoms with van der Waals surface area (Å²) in [6.45, 7) is 1.36. The number of hydrogen-bond acceptors (Lipinski definition) is 4. The van der Waals surface area contributed by atoms with E-state index >= 15 is 0 Å². The minimum absolute atomic E-state index is 0. The first kappa shape index (κ1) is 32.4. The van der Waals surface area contributed by atoms with E-state index in [0.717, 1.165) is 0 Å². The number of aromatic amines is 1. The van der Waals surface area contributed by atoms with Crippen LogP contribution in [-0.4, -0.2) is 61.0 Å². The maximum Gasteiger partial charge on any atom is 0.393 e. The number of benzene rings is 3. The van der Waals surface area contributed by atoms with E-state index in [0.29, 0.717) is 53.2 Å². The zero-order chi connectivity index (χ0) is 29.4. The Labute approximate surface area is 247 Å². The third-order valence-corrected chi connectivity index (χ3v) is 6.26. The summed E-state index contributed by atoms with van der Waals surface area (Å²) < 4.78 is 61.8. The largest absolute Gasteiger partial charge is 0.492 e. The van der Waals surface area contributed by atoms with Crippen LogP contribution in [0.25, 0.3) is 22.0 Å². The predicted molar refractivity (Wildman–Crippen MR) is 159 cm³/mol. The summed E-state index contributed by atoms with van der Waals surface area (Å²) in [5.74, 6) is -0.283. The summed E-state index contributed by atoms with van der Waals surface area (Å²) in [4.78, 5) is 13.0. The molecule has 0 bridgehead atoms. The first-order valence-electron chi connectivity index (χ1n) is 12.9. The Morgan fingerprint density at radius 1 is 1.00 bits per heavy atom. The molecule has 222 valence electrons. The molecule has 42 heavy (non-hydrogen) atoms. The van der Waals surface area contributed by atoms with Gasteiger partial charge in [-0.2, -0.15) is 17.6 Å². The fourth-order valence-electron chi connectivity index (χ4n) is 4.28. The highest BCUT2D eigenvalue weighted by Gasteiger charge is 2.31. The van der Waals surface area contributed by atoms with Crippen molar-refractivity contribution in [3.8, 4) is 5.75 Å². The van der Waals surface area contributed by atoms with E-state index in [1.54, 1.807) is 86.9 Å². The lowest BCUT2D eigenvalue weighted by molar-refractivity contribution is -0.124. The minimum Gasteiger partial charge on any atom is -0.492 e. The molecular weight excluding hydrogens is 572 g/mol. The number of rotatable bonds is 11. The van der Waals surface area contributed by atoms with Gasteiger partial charge in [0.15, 0.2) is 0 Å². The van der Waals surface area contributed by atoms with Gasteiger partial charge in [0, 0.05) is 33.3 Å². The second-order valence-electron chi connectivity index (χ2n) is 9.50. The lowest BCUT2D eigenvalue weighted by Crippen LogP contribution is -2.22. The minimum atomic E-state index is -4.48. The number of hydrogen-bond donors (Lipinski definition) is 2. The maximum absolute atomic E-state index is 14.3. The molecule has 0 saturated heterocycles. The van der Waals surface area contributed by atoms with Crippen molar-refractivity contribution in [2.24, 2.45) is 0 Å². The molecule has 11 heteroatoms. The van der Waals surface area contributed by atoms with Crippen LogP contribution in [0, 0.1) is 5.95 Å². The molecule has 0 aliphatic rings. The van der Waals surface area contributed by atoms with Crippen molar-refractivity contribution in [2.45, 2.75) is 12.6 Å². The molecule has 0 fully saturated rings. The van der Waals surface area contributed by atoms with Gasteiger partial charge in [-0.1, -0.05) is 54.6 Å². The number of H-pyrrole nitrogens is 1. The summed E-state index contributed by atoms with van der Waals surface area (Å²) in [6.07, 6.45) is -2.44. The Kier molecular flexibility index (Phi) is 11.3. The maximum atomic E-state index is 14.3. The van der Waals surface area contributed by atoms with E-state index in [1.807, 2.05) is 0 Å². The number of nitrogens with zero attached hydrogens (tertiary/aromatic N) is 2. The van der Waals surface area contributed by atoms with Gasteiger partial charge < -0.3 is 15.0 Å². The van der Waals surface area contributed by atoms with Crippen LogP contribution in [0.3, 0.4) is 0 Å². The van der Waals surface area contributed by atoms with E-state index in [1.165, 1.54) is 17.0 Å². The van der Waals surface area contributed by atoms with Crippen LogP contribution in [0.5, 0.6) is 5.75 Å². The van der Waals surface area contributed by atoms with Crippen molar-refractivity contribution in [2.75, 3.05) is 33.8 Å². The fraction of sp³-hybridized carbons (Fsp3) is 0.226. The number of allylic oxidation sites excluding steroid dienone is 1. The molecule has 0 saturated carbocycles. The van der Waals surface area contributed by atoms with Crippen molar-refractivity contribution in [1.29, 1.82) is 0 Å². The Bertz CT molecular complexity index is 1530. The number of halogens is 5. The molecule has 1 amide bonds. The van der Waals surface area contributed by atoms with Gasteiger partial charge in [0.25, 0.3) is 0 Å². The van der Waals surface area contributed by atoms with Crippen LogP contribution in [0.4, 0.5) is 17.6 Å². The number of alkyl halides is 3. The molecule has 2 N–H and O–H groups in total. The normalized spacial score (nSPS) is 12.2. The summed E-state index contributed by atoms with van der Waals surface area (Å²) >= 11 is 0. The summed E-state index contributed by atoms with van der Waals surface area (Å²) in [6, 6.07) is 19.9. The van der Waals surface area contributed by atoms with Gasteiger partial charge in [-0.05, 0) is 52.1 Å². The molecule has 0 aliphatic carbocycles. The van der Waals surface area contributed by atoms with Crippen molar-refractivity contribution in [3.63, 3.8) is 0 Å². The van der Waals surface area contributed by atoms with E-state index in [4.69, 9.17) is 4.74 Å². The molecule has 6 nitrogen and oxygen atoms in total. The number of carbonyl (C=O) groups is 1. The van der Waals surface area contributed by atoms with E-state index in [-0.39, 0.29) is 29.3 Å². The zero-order valence-corrected chi connectivity index (χ0v) is 23.9. The first-order valence-corrected chi connectivity index (χ1v) is 12.9. The number of aromatic nitrogens is 2. The molecule has 0 aliphatic heterocycles. The molecule has 1 aromatic heterocycles. The van der Waals surface area contributed by atoms with Gasteiger partial charge in [-0.15, -0.1) is 17.5 Å². The molecule has 0 spiro atoms. The van der Waals surface area contributed by atoms with E-state index < -0.39 is 18.5 Å². The molecular formula is C31H31ClF4N4O2.